The van der Waals surface area contributed by atoms with Crippen LogP contribution < -0.4 is 0 Å². The number of hydrogen-bond acceptors (Lipinski definition) is 5. The van der Waals surface area contributed by atoms with Crippen LogP contribution in [0, 0.1) is 11.7 Å². The van der Waals surface area contributed by atoms with E-state index in [1.54, 1.807) is 23.1 Å². The second-order valence-electron chi connectivity index (χ2n) is 9.63. The van der Waals surface area contributed by atoms with Crippen molar-refractivity contribution in [1.82, 2.24) is 19.6 Å². The zero-order valence-corrected chi connectivity index (χ0v) is 21.6. The average molecular weight is 521 g/mol. The molecule has 0 unspecified atom stereocenters. The molecule has 4 amide bonds. The maximum Gasteiger partial charge on any atom is 0.323 e. The molecule has 1 saturated heterocycles. The van der Waals surface area contributed by atoms with Crippen LogP contribution in [0.5, 0.6) is 0 Å². The van der Waals surface area contributed by atoms with Gasteiger partial charge in [0, 0.05) is 39.1 Å². The maximum atomic E-state index is 13.9. The zero-order chi connectivity index (χ0) is 27.4. The van der Waals surface area contributed by atoms with Crippen LogP contribution in [0.4, 0.5) is 4.39 Å². The van der Waals surface area contributed by atoms with Crippen LogP contribution in [0.15, 0.2) is 24.3 Å². The van der Waals surface area contributed by atoms with Gasteiger partial charge in [0.25, 0.3) is 0 Å². The lowest BCUT2D eigenvalue weighted by Gasteiger charge is -2.29. The summed E-state index contributed by atoms with van der Waals surface area (Å²) in [6.07, 6.45) is 2.47. The number of amides is 4. The Morgan fingerprint density at radius 2 is 1.78 bits per heavy atom. The monoisotopic (exact) mass is 520 g/mol. The zero-order valence-electron chi connectivity index (χ0n) is 21.6. The van der Waals surface area contributed by atoms with Crippen LogP contribution in [0.2, 0.25) is 0 Å². The summed E-state index contributed by atoms with van der Waals surface area (Å²) in [4.78, 5) is 66.3. The van der Waals surface area contributed by atoms with E-state index in [1.165, 1.54) is 20.8 Å². The van der Waals surface area contributed by atoms with E-state index in [4.69, 9.17) is 0 Å². The van der Waals surface area contributed by atoms with Crippen molar-refractivity contribution in [2.75, 3.05) is 52.4 Å². The fourth-order valence-electron chi connectivity index (χ4n) is 4.21. The molecule has 11 heteroatoms. The molecule has 1 aromatic rings. The minimum Gasteiger partial charge on any atom is -0.480 e. The second-order valence-corrected chi connectivity index (χ2v) is 9.63. The molecule has 1 fully saturated rings. The number of carboxylic acids is 1. The maximum absolute atomic E-state index is 13.9. The predicted molar refractivity (Wildman–Crippen MR) is 134 cm³/mol. The first-order valence-electron chi connectivity index (χ1n) is 12.6. The number of carbonyl (C=O) groups is 5. The van der Waals surface area contributed by atoms with Gasteiger partial charge in [0.2, 0.25) is 24.1 Å². The van der Waals surface area contributed by atoms with Crippen molar-refractivity contribution >= 4 is 30.1 Å². The summed E-state index contributed by atoms with van der Waals surface area (Å²) in [6, 6.07) is 6.20. The fraction of sp³-hybridized carbons (Fsp3) is 0.577. The number of likely N-dealkylation sites (tertiary alicyclic amines) is 1. The van der Waals surface area contributed by atoms with Gasteiger partial charge >= 0.3 is 5.97 Å². The van der Waals surface area contributed by atoms with E-state index >= 15 is 0 Å². The summed E-state index contributed by atoms with van der Waals surface area (Å²) in [5, 5.41) is 9.29. The molecule has 1 heterocycles. The van der Waals surface area contributed by atoms with Gasteiger partial charge in [-0.25, -0.2) is 4.39 Å². The SMILES string of the molecule is CC(C)CN(CC(=O)N(CCCN1CCCC1=O)CC(=O)O)C(=O)CN(C=O)CCc1ccccc1F. The van der Waals surface area contributed by atoms with Crippen molar-refractivity contribution in [3.63, 3.8) is 0 Å². The lowest BCUT2D eigenvalue weighted by Crippen LogP contribution is -2.49. The van der Waals surface area contributed by atoms with Crippen molar-refractivity contribution < 1.29 is 33.5 Å². The van der Waals surface area contributed by atoms with Gasteiger partial charge in [0.1, 0.15) is 12.4 Å². The highest BCUT2D eigenvalue weighted by atomic mass is 19.1. The van der Waals surface area contributed by atoms with Crippen LogP contribution in [0.3, 0.4) is 0 Å². The van der Waals surface area contributed by atoms with E-state index in [1.807, 2.05) is 13.8 Å². The van der Waals surface area contributed by atoms with E-state index in [0.717, 1.165) is 6.42 Å². The van der Waals surface area contributed by atoms with Gasteiger partial charge in [-0.15, -0.1) is 0 Å². The number of hydrogen-bond donors (Lipinski definition) is 1. The molecule has 37 heavy (non-hydrogen) atoms. The third-order valence-corrected chi connectivity index (χ3v) is 6.08. The van der Waals surface area contributed by atoms with Crippen molar-refractivity contribution in [2.24, 2.45) is 5.92 Å². The number of halogens is 1. The Bertz CT molecular complexity index is 957. The van der Waals surface area contributed by atoms with Crippen molar-refractivity contribution in [2.45, 2.75) is 39.5 Å². The lowest BCUT2D eigenvalue weighted by molar-refractivity contribution is -0.147. The van der Waals surface area contributed by atoms with E-state index in [0.29, 0.717) is 37.9 Å². The number of rotatable bonds is 16. The number of nitrogens with zero attached hydrogens (tertiary/aromatic N) is 4. The molecule has 0 radical (unpaired) electrons. The molecular formula is C26H37FN4O6. The van der Waals surface area contributed by atoms with Gasteiger partial charge in [-0.05, 0) is 36.8 Å². The highest BCUT2D eigenvalue weighted by Crippen LogP contribution is 2.11. The molecule has 0 atom stereocenters. The third-order valence-electron chi connectivity index (χ3n) is 6.08. The van der Waals surface area contributed by atoms with E-state index < -0.39 is 24.3 Å². The van der Waals surface area contributed by atoms with Crippen LogP contribution in [0.25, 0.3) is 0 Å². The molecule has 10 nitrogen and oxygen atoms in total. The predicted octanol–water partition coefficient (Wildman–Crippen LogP) is 1.24. The molecule has 1 aliphatic rings. The van der Waals surface area contributed by atoms with Gasteiger partial charge in [-0.3, -0.25) is 24.0 Å². The lowest BCUT2D eigenvalue weighted by atomic mass is 10.1. The minimum atomic E-state index is -1.17. The van der Waals surface area contributed by atoms with Gasteiger partial charge in [0.05, 0.1) is 13.1 Å². The van der Waals surface area contributed by atoms with Crippen molar-refractivity contribution in [3.05, 3.63) is 35.6 Å². The van der Waals surface area contributed by atoms with Crippen LogP contribution in [-0.2, 0) is 30.4 Å². The molecule has 0 spiro atoms. The third kappa shape index (κ3) is 10.2. The van der Waals surface area contributed by atoms with Gasteiger partial charge in [-0.2, -0.15) is 0 Å². The Balaban J connectivity index is 1.99. The van der Waals surface area contributed by atoms with Gasteiger partial charge in [0.15, 0.2) is 0 Å². The Hall–Kier alpha value is -3.50. The molecule has 2 rings (SSSR count). The summed E-state index contributed by atoms with van der Waals surface area (Å²) >= 11 is 0. The highest BCUT2D eigenvalue weighted by Gasteiger charge is 2.25. The summed E-state index contributed by atoms with van der Waals surface area (Å²) in [5.41, 5.74) is 0.427. The van der Waals surface area contributed by atoms with Crippen LogP contribution in [0.1, 0.15) is 38.7 Å². The molecule has 0 bridgehead atoms. The van der Waals surface area contributed by atoms with Gasteiger partial charge in [-0.1, -0.05) is 32.0 Å². The van der Waals surface area contributed by atoms with Crippen LogP contribution >= 0.6 is 0 Å². The summed E-state index contributed by atoms with van der Waals surface area (Å²) < 4.78 is 13.9. The van der Waals surface area contributed by atoms with E-state index in [2.05, 4.69) is 0 Å². The second kappa shape index (κ2) is 14.9. The van der Waals surface area contributed by atoms with Gasteiger partial charge < -0.3 is 24.7 Å². The average Bonchev–Trinajstić information content (AvgIpc) is 3.25. The molecule has 0 saturated carbocycles. The standard InChI is InChI=1S/C26H37FN4O6/c1-20(2)15-31(24(34)16-28(19-32)14-10-21-7-3-4-8-22(21)27)17-25(35)30(18-26(36)37)13-6-12-29-11-5-9-23(29)33/h3-4,7-8,19-20H,5-6,9-18H2,1-2H3,(H,36,37). The summed E-state index contributed by atoms with van der Waals surface area (Å²) in [7, 11) is 0. The first-order chi connectivity index (χ1) is 17.6. The Morgan fingerprint density at radius 3 is 2.38 bits per heavy atom. The first-order valence-corrected chi connectivity index (χ1v) is 12.6. The molecule has 0 aliphatic carbocycles. The molecule has 1 N–H and O–H groups in total. The smallest absolute Gasteiger partial charge is 0.323 e. The quantitative estimate of drug-likeness (QED) is 0.328. The fourth-order valence-corrected chi connectivity index (χ4v) is 4.21. The van der Waals surface area contributed by atoms with Crippen LogP contribution in [-0.4, -0.2) is 107 Å². The number of carboxylic acid groups (broad SMARTS) is 1. The van der Waals surface area contributed by atoms with Crippen molar-refractivity contribution in [3.8, 4) is 0 Å². The first kappa shape index (κ1) is 29.7. The summed E-state index contributed by atoms with van der Waals surface area (Å²) in [6.45, 7) is 4.24. The number of aliphatic carboxylic acids is 1. The Labute approximate surface area is 217 Å². The van der Waals surface area contributed by atoms with E-state index in [9.17, 15) is 33.5 Å². The molecular weight excluding hydrogens is 483 g/mol. The largest absolute Gasteiger partial charge is 0.480 e. The molecule has 204 valence electrons. The minimum absolute atomic E-state index is 0.0222. The topological polar surface area (TPSA) is 119 Å². The normalized spacial score (nSPS) is 13.1. The Morgan fingerprint density at radius 1 is 1.08 bits per heavy atom. The highest BCUT2D eigenvalue weighted by molar-refractivity contribution is 5.88. The number of benzene rings is 1. The van der Waals surface area contributed by atoms with Crippen molar-refractivity contribution in [1.29, 1.82) is 0 Å². The molecule has 0 aromatic heterocycles. The number of carbonyl (C=O) groups excluding carboxylic acids is 4. The Kier molecular flexibility index (Phi) is 12.0. The molecule has 1 aromatic carbocycles. The molecule has 1 aliphatic heterocycles. The van der Waals surface area contributed by atoms with E-state index in [-0.39, 0.29) is 56.8 Å². The summed E-state index contributed by atoms with van der Waals surface area (Å²) in [5.74, 6) is -2.46.